The van der Waals surface area contributed by atoms with Crippen molar-refractivity contribution in [3.8, 4) is 0 Å². The van der Waals surface area contributed by atoms with Crippen molar-refractivity contribution in [3.05, 3.63) is 30.3 Å². The Morgan fingerprint density at radius 3 is 2.14 bits per heavy atom. The Morgan fingerprint density at radius 2 is 1.62 bits per heavy atom. The largest absolute Gasteiger partial charge is 0.365 e. The van der Waals surface area contributed by atoms with Crippen LogP contribution in [0.1, 0.15) is 47.0 Å². The Bertz CT molecular complexity index is 501. The van der Waals surface area contributed by atoms with Crippen molar-refractivity contribution in [2.75, 3.05) is 12.4 Å². The minimum Gasteiger partial charge on any atom is -0.365 e. The van der Waals surface area contributed by atoms with Gasteiger partial charge in [-0.15, -0.1) is 0 Å². The molecule has 4 heteroatoms. The Kier molecular flexibility index (Phi) is 4.02. The Balaban J connectivity index is 2.30. The van der Waals surface area contributed by atoms with Crippen molar-refractivity contribution < 1.29 is 4.59 Å². The van der Waals surface area contributed by atoms with Crippen molar-refractivity contribution in [2.24, 2.45) is 10.8 Å². The van der Waals surface area contributed by atoms with Crippen LogP contribution in [0.15, 0.2) is 35.4 Å². The van der Waals surface area contributed by atoms with Crippen molar-refractivity contribution in [3.63, 3.8) is 0 Å². The van der Waals surface area contributed by atoms with Crippen LogP contribution >= 0.6 is 0 Å². The maximum atomic E-state index is 6.19. The number of para-hydroxylation sites is 1. The van der Waals surface area contributed by atoms with Gasteiger partial charge in [-0.05, 0) is 51.3 Å². The van der Waals surface area contributed by atoms with Gasteiger partial charge in [0.1, 0.15) is 11.1 Å². The fourth-order valence-corrected chi connectivity index (χ4v) is 3.39. The van der Waals surface area contributed by atoms with E-state index in [4.69, 9.17) is 10.8 Å². The number of anilines is 1. The molecule has 0 aromatic heterocycles. The molecule has 1 fully saturated rings. The van der Waals surface area contributed by atoms with Crippen LogP contribution in [0, 0.1) is 0 Å². The first kappa shape index (κ1) is 15.8. The molecule has 0 unspecified atom stereocenters. The normalized spacial score (nSPS) is 23.6. The topological polar surface area (TPSA) is 50.4 Å². The summed E-state index contributed by atoms with van der Waals surface area (Å²) in [6.45, 7) is 9.14. The molecule has 116 valence electrons. The standard InChI is InChI=1S/C17H29N4/c1-16(2)12-9-13-17(3,4)21(16,5)20-15(18)19-14-10-7-6-8-11-14/h6-8,10-11H,9,12-13H2,1-5H3,(H3,18,19,20)/q+1. The fourth-order valence-electron chi connectivity index (χ4n) is 3.39. The van der Waals surface area contributed by atoms with Gasteiger partial charge in [-0.2, -0.15) is 4.59 Å². The second-order valence-electron chi connectivity index (χ2n) is 7.41. The van der Waals surface area contributed by atoms with Gasteiger partial charge in [0.2, 0.25) is 0 Å². The van der Waals surface area contributed by atoms with Crippen molar-refractivity contribution >= 4 is 11.6 Å². The maximum Gasteiger partial charge on any atom is 0.252 e. The third-order valence-corrected chi connectivity index (χ3v) is 5.29. The van der Waals surface area contributed by atoms with Gasteiger partial charge in [0.15, 0.2) is 0 Å². The zero-order valence-electron chi connectivity index (χ0n) is 14.0. The van der Waals surface area contributed by atoms with E-state index in [1.807, 2.05) is 30.3 Å². The summed E-state index contributed by atoms with van der Waals surface area (Å²) >= 11 is 0. The molecule has 1 aromatic carbocycles. The van der Waals surface area contributed by atoms with Gasteiger partial charge in [-0.1, -0.05) is 18.2 Å². The summed E-state index contributed by atoms with van der Waals surface area (Å²) in [7, 11) is 2.19. The lowest BCUT2D eigenvalue weighted by atomic mass is 9.79. The average molecular weight is 289 g/mol. The maximum absolute atomic E-state index is 6.19. The van der Waals surface area contributed by atoms with E-state index >= 15 is 0 Å². The third-order valence-electron chi connectivity index (χ3n) is 5.29. The summed E-state index contributed by atoms with van der Waals surface area (Å²) in [5, 5.41) is 8.09. The molecule has 1 saturated heterocycles. The zero-order chi connectivity index (χ0) is 15.7. The van der Waals surface area contributed by atoms with Crippen LogP contribution in [-0.2, 0) is 0 Å². The Hall–Kier alpha value is -1.55. The molecule has 0 aliphatic carbocycles. The third kappa shape index (κ3) is 2.91. The van der Waals surface area contributed by atoms with Crippen LogP contribution in [0.3, 0.4) is 0 Å². The summed E-state index contributed by atoms with van der Waals surface area (Å²) in [6, 6.07) is 9.95. The molecule has 0 radical (unpaired) electrons. The van der Waals surface area contributed by atoms with Crippen LogP contribution in [0.5, 0.6) is 0 Å². The number of nitrogens with one attached hydrogen (secondary N) is 1. The number of nitrogens with zero attached hydrogens (tertiary/aromatic N) is 2. The summed E-state index contributed by atoms with van der Waals surface area (Å²) in [5.74, 6) is 0.478. The number of rotatable bonds is 2. The van der Waals surface area contributed by atoms with Gasteiger partial charge in [-0.25, -0.2) is 0 Å². The molecule has 1 aliphatic rings. The van der Waals surface area contributed by atoms with Crippen molar-refractivity contribution in [1.82, 2.24) is 0 Å². The summed E-state index contributed by atoms with van der Waals surface area (Å²) in [6.07, 6.45) is 3.57. The number of guanidine groups is 1. The van der Waals surface area contributed by atoms with Crippen LogP contribution in [0.2, 0.25) is 0 Å². The Morgan fingerprint density at radius 1 is 1.10 bits per heavy atom. The van der Waals surface area contributed by atoms with Gasteiger partial charge in [0, 0.05) is 18.5 Å². The molecule has 0 amide bonds. The monoisotopic (exact) mass is 289 g/mol. The molecule has 1 aliphatic heterocycles. The van der Waals surface area contributed by atoms with E-state index in [9.17, 15) is 0 Å². The van der Waals surface area contributed by atoms with E-state index in [2.05, 4.69) is 40.1 Å². The van der Waals surface area contributed by atoms with Crippen LogP contribution < -0.4 is 11.1 Å². The van der Waals surface area contributed by atoms with Gasteiger partial charge < -0.3 is 11.1 Å². The number of likely N-dealkylation sites (tertiary alicyclic amines) is 1. The van der Waals surface area contributed by atoms with Crippen molar-refractivity contribution in [2.45, 2.75) is 58.0 Å². The second-order valence-corrected chi connectivity index (χ2v) is 7.41. The number of benzene rings is 1. The molecule has 1 heterocycles. The lowest BCUT2D eigenvalue weighted by Crippen LogP contribution is -2.68. The number of hydrogen-bond donors (Lipinski definition) is 2. The molecular weight excluding hydrogens is 260 g/mol. The highest BCUT2D eigenvalue weighted by Crippen LogP contribution is 2.44. The number of nitrogens with two attached hydrogens (primary N) is 1. The van der Waals surface area contributed by atoms with Crippen molar-refractivity contribution in [1.29, 1.82) is 0 Å². The molecule has 21 heavy (non-hydrogen) atoms. The predicted molar refractivity (Wildman–Crippen MR) is 89.9 cm³/mol. The average Bonchev–Trinajstić information content (AvgIpc) is 2.37. The molecule has 0 spiro atoms. The first-order valence-electron chi connectivity index (χ1n) is 7.72. The van der Waals surface area contributed by atoms with E-state index in [0.29, 0.717) is 10.6 Å². The number of piperidine rings is 1. The quantitative estimate of drug-likeness (QED) is 0.497. The minimum atomic E-state index is 0.0741. The van der Waals surface area contributed by atoms with E-state index in [0.717, 1.165) is 18.5 Å². The van der Waals surface area contributed by atoms with Gasteiger partial charge in [0.05, 0.1) is 7.05 Å². The molecule has 4 nitrogen and oxygen atoms in total. The van der Waals surface area contributed by atoms with Crippen LogP contribution in [0.25, 0.3) is 0 Å². The van der Waals surface area contributed by atoms with E-state index < -0.39 is 0 Å². The minimum absolute atomic E-state index is 0.0741. The van der Waals surface area contributed by atoms with Gasteiger partial charge in [-0.3, -0.25) is 0 Å². The molecule has 0 saturated carbocycles. The summed E-state index contributed by atoms with van der Waals surface area (Å²) < 4.78 is 0.603. The Labute approximate surface area is 128 Å². The first-order chi connectivity index (χ1) is 9.68. The second kappa shape index (κ2) is 5.34. The fraction of sp³-hybridized carbons (Fsp3) is 0.588. The zero-order valence-corrected chi connectivity index (χ0v) is 14.0. The smallest absolute Gasteiger partial charge is 0.252 e. The highest BCUT2D eigenvalue weighted by molar-refractivity contribution is 5.91. The lowest BCUT2D eigenvalue weighted by Gasteiger charge is -2.55. The van der Waals surface area contributed by atoms with E-state index in [1.54, 1.807) is 0 Å². The molecule has 0 atom stereocenters. The molecule has 2 rings (SSSR count). The molecular formula is C17H29N4+. The molecule has 1 aromatic rings. The number of hydrogen-bond acceptors (Lipinski definition) is 1. The molecule has 0 bridgehead atoms. The van der Waals surface area contributed by atoms with E-state index in [1.165, 1.54) is 6.42 Å². The molecule has 3 N–H and O–H groups in total. The summed E-state index contributed by atoms with van der Waals surface area (Å²) in [5.41, 5.74) is 7.31. The van der Waals surface area contributed by atoms with E-state index in [-0.39, 0.29) is 11.1 Å². The highest BCUT2D eigenvalue weighted by atomic mass is 15.7. The van der Waals surface area contributed by atoms with Crippen LogP contribution in [0.4, 0.5) is 5.69 Å². The number of quaternary nitrogens is 1. The SMILES string of the molecule is CC1(C)CCCC(C)(C)[N+]1(C)/N=C(/N)Nc1ccccc1. The van der Waals surface area contributed by atoms with Crippen LogP contribution in [-0.4, -0.2) is 28.7 Å². The van der Waals surface area contributed by atoms with Gasteiger partial charge >= 0.3 is 0 Å². The summed E-state index contributed by atoms with van der Waals surface area (Å²) in [4.78, 5) is 0. The first-order valence-corrected chi connectivity index (χ1v) is 7.72. The highest BCUT2D eigenvalue weighted by Gasteiger charge is 2.55. The predicted octanol–water partition coefficient (Wildman–Crippen LogP) is 3.52. The lowest BCUT2D eigenvalue weighted by molar-refractivity contribution is -1.01. The van der Waals surface area contributed by atoms with Gasteiger partial charge in [0.25, 0.3) is 5.96 Å².